The summed E-state index contributed by atoms with van der Waals surface area (Å²) in [7, 11) is 0. The second-order valence-corrected chi connectivity index (χ2v) is 4.27. The molecule has 0 saturated carbocycles. The number of rotatable bonds is 1. The number of piperazine rings is 1. The molecule has 1 saturated heterocycles. The Hall–Kier alpha value is -1.02. The van der Waals surface area contributed by atoms with Gasteiger partial charge in [-0.2, -0.15) is 0 Å². The number of nitrogens with one attached hydrogen (secondary N) is 1. The molecule has 0 radical (unpaired) electrons. The molecule has 1 aliphatic heterocycles. The van der Waals surface area contributed by atoms with Gasteiger partial charge in [0.15, 0.2) is 0 Å². The molecule has 2 aliphatic rings. The van der Waals surface area contributed by atoms with Crippen LogP contribution in [0.15, 0.2) is 18.2 Å². The molecular weight excluding hydrogens is 172 g/mol. The van der Waals surface area contributed by atoms with Crippen molar-refractivity contribution in [1.29, 1.82) is 0 Å². The normalized spacial score (nSPS) is 24.6. The van der Waals surface area contributed by atoms with Crippen LogP contribution >= 0.6 is 0 Å². The lowest BCUT2D eigenvalue weighted by Crippen LogP contribution is -2.43. The summed E-state index contributed by atoms with van der Waals surface area (Å²) in [4.78, 5) is 2.47. The van der Waals surface area contributed by atoms with Gasteiger partial charge in [0.25, 0.3) is 0 Å². The Kier molecular flexibility index (Phi) is 1.77. The van der Waals surface area contributed by atoms with E-state index >= 15 is 0 Å². The minimum atomic E-state index is 0.728. The third-order valence-corrected chi connectivity index (χ3v) is 3.40. The maximum absolute atomic E-state index is 3.38. The number of fused-ring (bicyclic) bond motifs is 1. The fourth-order valence-corrected chi connectivity index (χ4v) is 2.33. The Labute approximate surface area is 84.9 Å². The van der Waals surface area contributed by atoms with E-state index in [4.69, 9.17) is 0 Å². The van der Waals surface area contributed by atoms with Crippen molar-refractivity contribution < 1.29 is 0 Å². The van der Waals surface area contributed by atoms with Crippen molar-refractivity contribution in [2.24, 2.45) is 0 Å². The van der Waals surface area contributed by atoms with Crippen LogP contribution in [-0.2, 0) is 0 Å². The fraction of sp³-hybridized carbons (Fsp3) is 0.500. The molecule has 1 N–H and O–H groups in total. The number of anilines is 1. The lowest BCUT2D eigenvalue weighted by atomic mass is 10.2. The lowest BCUT2D eigenvalue weighted by Gasteiger charge is -2.29. The van der Waals surface area contributed by atoms with Crippen molar-refractivity contribution in [3.63, 3.8) is 0 Å². The molecule has 0 aromatic heterocycles. The second-order valence-electron chi connectivity index (χ2n) is 4.27. The number of benzene rings is 1. The molecule has 0 bridgehead atoms. The highest BCUT2D eigenvalue weighted by Crippen LogP contribution is 2.44. The number of hydrogen-bond donors (Lipinski definition) is 1. The first kappa shape index (κ1) is 8.30. The molecule has 2 heteroatoms. The molecule has 1 fully saturated rings. The second kappa shape index (κ2) is 2.99. The maximum Gasteiger partial charge on any atom is 0.0370 e. The SMILES string of the molecule is CC1c2ccc(N3CCNCC3)cc21. The summed E-state index contributed by atoms with van der Waals surface area (Å²) < 4.78 is 0. The Balaban J connectivity index is 1.83. The predicted octanol–water partition coefficient (Wildman–Crippen LogP) is 1.56. The molecule has 2 nitrogen and oxygen atoms in total. The van der Waals surface area contributed by atoms with Crippen molar-refractivity contribution >= 4 is 5.69 Å². The van der Waals surface area contributed by atoms with Crippen LogP contribution in [0.25, 0.3) is 0 Å². The van der Waals surface area contributed by atoms with E-state index in [-0.39, 0.29) is 0 Å². The molecule has 3 rings (SSSR count). The third kappa shape index (κ3) is 1.22. The van der Waals surface area contributed by atoms with Crippen molar-refractivity contribution in [2.75, 3.05) is 31.1 Å². The summed E-state index contributed by atoms with van der Waals surface area (Å²) in [6.45, 7) is 6.81. The van der Waals surface area contributed by atoms with Crippen molar-refractivity contribution in [2.45, 2.75) is 12.8 Å². The lowest BCUT2D eigenvalue weighted by molar-refractivity contribution is 0.589. The van der Waals surface area contributed by atoms with E-state index in [2.05, 4.69) is 35.3 Å². The van der Waals surface area contributed by atoms with E-state index in [1.807, 2.05) is 0 Å². The minimum Gasteiger partial charge on any atom is -0.369 e. The largest absolute Gasteiger partial charge is 0.369 e. The average molecular weight is 188 g/mol. The van der Waals surface area contributed by atoms with E-state index < -0.39 is 0 Å². The van der Waals surface area contributed by atoms with E-state index in [0.29, 0.717) is 0 Å². The third-order valence-electron chi connectivity index (χ3n) is 3.40. The molecule has 1 heterocycles. The van der Waals surface area contributed by atoms with Crippen molar-refractivity contribution in [1.82, 2.24) is 5.32 Å². The van der Waals surface area contributed by atoms with Crippen LogP contribution < -0.4 is 10.2 Å². The molecule has 1 aromatic carbocycles. The van der Waals surface area contributed by atoms with E-state index in [1.54, 1.807) is 11.1 Å². The molecule has 1 atom stereocenters. The van der Waals surface area contributed by atoms with Gasteiger partial charge in [-0.1, -0.05) is 13.0 Å². The molecule has 1 unspecified atom stereocenters. The van der Waals surface area contributed by atoms with Gasteiger partial charge in [-0.05, 0) is 23.3 Å². The summed E-state index contributed by atoms with van der Waals surface area (Å²) in [6, 6.07) is 6.93. The zero-order chi connectivity index (χ0) is 9.54. The summed E-state index contributed by atoms with van der Waals surface area (Å²) in [5.74, 6) is 0.728. The smallest absolute Gasteiger partial charge is 0.0370 e. The summed E-state index contributed by atoms with van der Waals surface area (Å²) >= 11 is 0. The van der Waals surface area contributed by atoms with Gasteiger partial charge in [0.2, 0.25) is 0 Å². The van der Waals surface area contributed by atoms with Crippen molar-refractivity contribution in [3.8, 4) is 0 Å². The standard InChI is InChI=1S/C12H16N2/c1-9-11-3-2-10(8-12(9)11)14-6-4-13-5-7-14/h2-3,8-9,13H,4-7H2,1H3. The van der Waals surface area contributed by atoms with Gasteiger partial charge >= 0.3 is 0 Å². The van der Waals surface area contributed by atoms with Gasteiger partial charge in [-0.3, -0.25) is 0 Å². The van der Waals surface area contributed by atoms with Gasteiger partial charge < -0.3 is 10.2 Å². The first-order valence-corrected chi connectivity index (χ1v) is 5.46. The predicted molar refractivity (Wildman–Crippen MR) is 59.0 cm³/mol. The minimum absolute atomic E-state index is 0.728. The summed E-state index contributed by atoms with van der Waals surface area (Å²) in [5.41, 5.74) is 4.51. The van der Waals surface area contributed by atoms with Crippen LogP contribution in [0.3, 0.4) is 0 Å². The van der Waals surface area contributed by atoms with Gasteiger partial charge in [0.05, 0.1) is 0 Å². The maximum atomic E-state index is 3.38. The quantitative estimate of drug-likeness (QED) is 0.719. The van der Waals surface area contributed by atoms with E-state index in [9.17, 15) is 0 Å². The Morgan fingerprint density at radius 1 is 1.21 bits per heavy atom. The molecule has 1 aromatic rings. The topological polar surface area (TPSA) is 15.3 Å². The van der Waals surface area contributed by atoms with Gasteiger partial charge in [0.1, 0.15) is 0 Å². The van der Waals surface area contributed by atoms with Gasteiger partial charge in [0, 0.05) is 37.8 Å². The van der Waals surface area contributed by atoms with Crippen LogP contribution in [-0.4, -0.2) is 26.2 Å². The first-order valence-electron chi connectivity index (χ1n) is 5.46. The van der Waals surface area contributed by atoms with Gasteiger partial charge in [-0.15, -0.1) is 0 Å². The summed E-state index contributed by atoms with van der Waals surface area (Å²) in [5, 5.41) is 3.38. The highest BCUT2D eigenvalue weighted by molar-refractivity contribution is 5.61. The van der Waals surface area contributed by atoms with Crippen LogP contribution in [0.5, 0.6) is 0 Å². The highest BCUT2D eigenvalue weighted by Gasteiger charge is 2.28. The van der Waals surface area contributed by atoms with Gasteiger partial charge in [-0.25, -0.2) is 0 Å². The monoisotopic (exact) mass is 188 g/mol. The zero-order valence-corrected chi connectivity index (χ0v) is 8.59. The fourth-order valence-electron chi connectivity index (χ4n) is 2.33. The van der Waals surface area contributed by atoms with Crippen LogP contribution in [0.2, 0.25) is 0 Å². The first-order chi connectivity index (χ1) is 6.86. The van der Waals surface area contributed by atoms with E-state index in [0.717, 1.165) is 32.1 Å². The van der Waals surface area contributed by atoms with Crippen LogP contribution in [0.1, 0.15) is 24.0 Å². The highest BCUT2D eigenvalue weighted by atomic mass is 15.2. The number of nitrogens with zero attached hydrogens (tertiary/aromatic N) is 1. The van der Waals surface area contributed by atoms with Crippen LogP contribution in [0, 0.1) is 0 Å². The molecule has 0 amide bonds. The zero-order valence-electron chi connectivity index (χ0n) is 8.59. The summed E-state index contributed by atoms with van der Waals surface area (Å²) in [6.07, 6.45) is 0. The molecule has 0 spiro atoms. The molecular formula is C12H16N2. The number of hydrogen-bond acceptors (Lipinski definition) is 2. The van der Waals surface area contributed by atoms with Crippen LogP contribution in [0.4, 0.5) is 5.69 Å². The molecule has 1 aliphatic carbocycles. The van der Waals surface area contributed by atoms with Crippen molar-refractivity contribution in [3.05, 3.63) is 29.3 Å². The molecule has 14 heavy (non-hydrogen) atoms. The average Bonchev–Trinajstić information content (AvgIpc) is 2.91. The Bertz CT molecular complexity index is 353. The Morgan fingerprint density at radius 2 is 2.00 bits per heavy atom. The molecule has 74 valence electrons. The Morgan fingerprint density at radius 3 is 2.71 bits per heavy atom. The van der Waals surface area contributed by atoms with E-state index in [1.165, 1.54) is 5.69 Å².